The Morgan fingerprint density at radius 2 is 1.66 bits per heavy atom. The lowest BCUT2D eigenvalue weighted by Crippen LogP contribution is -2.38. The molecule has 2 aromatic rings. The number of rotatable bonds is 9. The molecule has 2 aromatic carbocycles. The molecule has 2 rings (SSSR count). The third-order valence-electron chi connectivity index (χ3n) is 4.49. The summed E-state index contributed by atoms with van der Waals surface area (Å²) in [5.41, 5.74) is 7.72. The quantitative estimate of drug-likeness (QED) is 0.482. The van der Waals surface area contributed by atoms with Crippen molar-refractivity contribution in [2.24, 2.45) is 5.73 Å². The average molecular weight is 464 g/mol. The molecule has 0 aliphatic rings. The van der Waals surface area contributed by atoms with Crippen LogP contribution in [0.1, 0.15) is 11.1 Å². The molecule has 1 atom stereocenters. The number of aliphatic hydroxyl groups is 1. The number of ether oxygens (including phenoxy) is 4. The molecular weight excluding hydrogens is 438 g/mol. The number of methoxy groups -OCH3 is 4. The number of carbonyl (C=O) groups is 1. The summed E-state index contributed by atoms with van der Waals surface area (Å²) in [6.45, 7) is -0.501. The second-order valence-electron chi connectivity index (χ2n) is 6.29. The highest BCUT2D eigenvalue weighted by Crippen LogP contribution is 2.41. The van der Waals surface area contributed by atoms with E-state index in [0.29, 0.717) is 45.4 Å². The van der Waals surface area contributed by atoms with Gasteiger partial charge in [0.25, 0.3) is 0 Å². The summed E-state index contributed by atoms with van der Waals surface area (Å²) in [5.74, 6) is 1.10. The monoisotopic (exact) mass is 463 g/mol. The fourth-order valence-corrected chi connectivity index (χ4v) is 2.92. The van der Waals surface area contributed by atoms with Crippen LogP contribution in [-0.4, -0.2) is 52.1 Å². The summed E-state index contributed by atoms with van der Waals surface area (Å²) in [6.07, 6.45) is 1.37. The lowest BCUT2D eigenvalue weighted by molar-refractivity contribution is -0.118. The van der Waals surface area contributed by atoms with Crippen LogP contribution in [0.5, 0.6) is 23.0 Å². The number of anilines is 1. The van der Waals surface area contributed by atoms with E-state index < -0.39 is 18.6 Å². The number of halogens is 1. The second-order valence-corrected chi connectivity index (χ2v) is 6.29. The fraction of sp³-hybridized carbons (Fsp3) is 0.273. The van der Waals surface area contributed by atoms with Crippen LogP contribution < -0.4 is 30.0 Å². The largest absolute Gasteiger partial charge is 0.495 e. The van der Waals surface area contributed by atoms with Gasteiger partial charge in [0.15, 0.2) is 11.5 Å². The number of benzene rings is 2. The van der Waals surface area contributed by atoms with E-state index in [9.17, 15) is 10.1 Å². The number of nitrogens with two attached hydrogens (primary N) is 1. The predicted molar refractivity (Wildman–Crippen MR) is 123 cm³/mol. The molecule has 0 heterocycles. The minimum atomic E-state index is -1.09. The zero-order valence-corrected chi connectivity index (χ0v) is 19.0. The molecule has 32 heavy (non-hydrogen) atoms. The number of nitrogens with zero attached hydrogens (tertiary/aromatic N) is 1. The van der Waals surface area contributed by atoms with Gasteiger partial charge < -0.3 is 35.1 Å². The van der Waals surface area contributed by atoms with Gasteiger partial charge in [-0.2, -0.15) is 5.26 Å². The number of nitriles is 1. The van der Waals surface area contributed by atoms with Crippen molar-refractivity contribution in [3.8, 4) is 29.1 Å². The van der Waals surface area contributed by atoms with E-state index >= 15 is 0 Å². The molecule has 9 nitrogen and oxygen atoms in total. The molecule has 172 valence electrons. The van der Waals surface area contributed by atoms with Gasteiger partial charge in [-0.15, -0.1) is 12.4 Å². The summed E-state index contributed by atoms with van der Waals surface area (Å²) in [6, 6.07) is 9.43. The first kappa shape index (κ1) is 26.6. The van der Waals surface area contributed by atoms with Crippen LogP contribution in [0.3, 0.4) is 0 Å². The van der Waals surface area contributed by atoms with Crippen molar-refractivity contribution < 1.29 is 28.8 Å². The van der Waals surface area contributed by atoms with Crippen LogP contribution in [0, 0.1) is 11.3 Å². The standard InChI is InChI=1S/C22H25N3O6.ClH/c1-28-18-6-5-13(9-17(18)25-22(27)16(24)12-26)15(7-8-23)14-10-19(29-2)21(31-4)20(11-14)30-3;/h5-7,9-11,16,26H,12,24H2,1-4H3,(H,25,27);1H. The third-order valence-corrected chi connectivity index (χ3v) is 4.49. The Bertz CT molecular complexity index is 994. The molecule has 1 unspecified atom stereocenters. The summed E-state index contributed by atoms with van der Waals surface area (Å²) in [5, 5.41) is 21.1. The summed E-state index contributed by atoms with van der Waals surface area (Å²) in [4.78, 5) is 12.2. The van der Waals surface area contributed by atoms with Gasteiger partial charge in [-0.3, -0.25) is 4.79 Å². The molecule has 0 aliphatic carbocycles. The molecular formula is C22H26ClN3O6. The van der Waals surface area contributed by atoms with Crippen LogP contribution in [0.4, 0.5) is 5.69 Å². The molecule has 0 aromatic heterocycles. The van der Waals surface area contributed by atoms with Gasteiger partial charge >= 0.3 is 0 Å². The zero-order valence-electron chi connectivity index (χ0n) is 18.2. The molecule has 4 N–H and O–H groups in total. The summed E-state index contributed by atoms with van der Waals surface area (Å²) >= 11 is 0. The highest BCUT2D eigenvalue weighted by Gasteiger charge is 2.19. The third kappa shape index (κ3) is 5.82. The van der Waals surface area contributed by atoms with Crippen LogP contribution in [-0.2, 0) is 4.79 Å². The van der Waals surface area contributed by atoms with Gasteiger partial charge in [0.1, 0.15) is 11.8 Å². The fourth-order valence-electron chi connectivity index (χ4n) is 2.92. The highest BCUT2D eigenvalue weighted by molar-refractivity contribution is 5.97. The van der Waals surface area contributed by atoms with Crippen LogP contribution in [0.15, 0.2) is 36.4 Å². The van der Waals surface area contributed by atoms with Crippen LogP contribution >= 0.6 is 12.4 Å². The number of allylic oxidation sites excluding steroid dienone is 1. The van der Waals surface area contributed by atoms with E-state index in [1.165, 1.54) is 34.5 Å². The van der Waals surface area contributed by atoms with E-state index in [-0.39, 0.29) is 12.4 Å². The van der Waals surface area contributed by atoms with Crippen molar-refractivity contribution in [2.75, 3.05) is 40.4 Å². The Labute approximate surface area is 192 Å². The van der Waals surface area contributed by atoms with Crippen molar-refractivity contribution in [1.29, 1.82) is 5.26 Å². The van der Waals surface area contributed by atoms with Gasteiger partial charge in [0.05, 0.1) is 46.8 Å². The van der Waals surface area contributed by atoms with Gasteiger partial charge in [-0.1, -0.05) is 6.07 Å². The van der Waals surface area contributed by atoms with E-state index in [1.807, 2.05) is 6.07 Å². The normalized spacial score (nSPS) is 11.5. The number of aliphatic hydroxyl groups excluding tert-OH is 1. The number of amides is 1. The Hall–Kier alpha value is -3.45. The molecule has 0 fully saturated rings. The van der Waals surface area contributed by atoms with E-state index in [0.717, 1.165) is 0 Å². The summed E-state index contributed by atoms with van der Waals surface area (Å²) < 4.78 is 21.5. The van der Waals surface area contributed by atoms with Crippen LogP contribution in [0.25, 0.3) is 5.57 Å². The van der Waals surface area contributed by atoms with E-state index in [4.69, 9.17) is 29.8 Å². The van der Waals surface area contributed by atoms with Crippen molar-refractivity contribution in [1.82, 2.24) is 0 Å². The zero-order chi connectivity index (χ0) is 23.0. The lowest BCUT2D eigenvalue weighted by Gasteiger charge is -2.17. The molecule has 0 saturated heterocycles. The molecule has 0 radical (unpaired) electrons. The maximum absolute atomic E-state index is 12.2. The van der Waals surface area contributed by atoms with Gasteiger partial charge in [-0.05, 0) is 41.0 Å². The molecule has 0 saturated carbocycles. The first-order chi connectivity index (χ1) is 14.9. The highest BCUT2D eigenvalue weighted by atomic mass is 35.5. The van der Waals surface area contributed by atoms with Gasteiger partial charge in [-0.25, -0.2) is 0 Å². The summed E-state index contributed by atoms with van der Waals surface area (Å²) in [7, 11) is 5.96. The maximum atomic E-state index is 12.2. The molecule has 0 spiro atoms. The van der Waals surface area contributed by atoms with Crippen molar-refractivity contribution in [2.45, 2.75) is 6.04 Å². The minimum Gasteiger partial charge on any atom is -0.495 e. The van der Waals surface area contributed by atoms with Crippen molar-refractivity contribution >= 4 is 29.6 Å². The SMILES string of the molecule is COc1ccc(C(=CC#N)c2cc(OC)c(OC)c(OC)c2)cc1NC(=O)C(N)CO.Cl. The Balaban J connectivity index is 0.00000512. The number of carbonyl (C=O) groups excluding carboxylic acids is 1. The Morgan fingerprint density at radius 3 is 2.12 bits per heavy atom. The molecule has 10 heteroatoms. The smallest absolute Gasteiger partial charge is 0.243 e. The molecule has 0 bridgehead atoms. The number of nitrogens with one attached hydrogen (secondary N) is 1. The first-order valence-electron chi connectivity index (χ1n) is 9.19. The average Bonchev–Trinajstić information content (AvgIpc) is 2.80. The Morgan fingerprint density at radius 1 is 1.06 bits per heavy atom. The lowest BCUT2D eigenvalue weighted by atomic mass is 9.96. The maximum Gasteiger partial charge on any atom is 0.243 e. The van der Waals surface area contributed by atoms with Crippen molar-refractivity contribution in [3.63, 3.8) is 0 Å². The molecule has 1 amide bonds. The second kappa shape index (κ2) is 12.4. The topological polar surface area (TPSA) is 136 Å². The number of hydrogen-bond donors (Lipinski definition) is 3. The predicted octanol–water partition coefficient (Wildman–Crippen LogP) is 2.36. The van der Waals surface area contributed by atoms with E-state index in [2.05, 4.69) is 5.32 Å². The van der Waals surface area contributed by atoms with Gasteiger partial charge in [0.2, 0.25) is 11.7 Å². The minimum absolute atomic E-state index is 0. The first-order valence-corrected chi connectivity index (χ1v) is 9.19. The van der Waals surface area contributed by atoms with Gasteiger partial charge in [0, 0.05) is 6.08 Å². The van der Waals surface area contributed by atoms with Crippen LogP contribution in [0.2, 0.25) is 0 Å². The van der Waals surface area contributed by atoms with E-state index in [1.54, 1.807) is 30.3 Å². The number of hydrogen-bond acceptors (Lipinski definition) is 8. The Kier molecular flexibility index (Phi) is 10.3. The molecule has 0 aliphatic heterocycles. The van der Waals surface area contributed by atoms with Crippen molar-refractivity contribution in [3.05, 3.63) is 47.5 Å².